The topological polar surface area (TPSA) is 111 Å². The average molecular weight is 346 g/mol. The largest absolute Gasteiger partial charge is 0.493 e. The van der Waals surface area contributed by atoms with Crippen LogP contribution in [0.2, 0.25) is 0 Å². The maximum atomic E-state index is 11.3. The van der Waals surface area contributed by atoms with Crippen LogP contribution in [-0.2, 0) is 4.79 Å². The molecule has 1 aliphatic heterocycles. The highest BCUT2D eigenvalue weighted by Crippen LogP contribution is 2.35. The number of rotatable bonds is 4. The van der Waals surface area contributed by atoms with E-state index in [-0.39, 0.29) is 11.8 Å². The van der Waals surface area contributed by atoms with Crippen LogP contribution < -0.4 is 20.1 Å². The Morgan fingerprint density at radius 2 is 1.96 bits per heavy atom. The van der Waals surface area contributed by atoms with Gasteiger partial charge in [0.25, 0.3) is 0 Å². The smallest absolute Gasteiger partial charge is 0.306 e. The molecule has 1 saturated heterocycles. The van der Waals surface area contributed by atoms with E-state index in [2.05, 4.69) is 9.97 Å². The van der Waals surface area contributed by atoms with E-state index in [1.807, 2.05) is 11.8 Å². The summed E-state index contributed by atoms with van der Waals surface area (Å²) in [6, 6.07) is 3.52. The first-order chi connectivity index (χ1) is 11.9. The number of piperidine rings is 1. The standard InChI is InChI=1S/C17H22N4O4/c1-9-8-21(5-4-10(9)16(22)23)17-19-12-7-14(25-3)13(24-2)6-11(12)15(18)20-17/h6-7,9-10H,4-5,8H2,1-3H3,(H,22,23)(H2,18,19,20)/t9-,10+/m1/s1. The second-order valence-corrected chi connectivity index (χ2v) is 6.29. The Morgan fingerprint density at radius 1 is 1.28 bits per heavy atom. The van der Waals surface area contributed by atoms with E-state index >= 15 is 0 Å². The molecule has 1 fully saturated rings. The zero-order chi connectivity index (χ0) is 18.1. The van der Waals surface area contributed by atoms with E-state index in [0.29, 0.717) is 53.7 Å². The number of hydrogen-bond acceptors (Lipinski definition) is 7. The SMILES string of the molecule is COc1cc2nc(N3CC[C@H](C(=O)O)[C@H](C)C3)nc(N)c2cc1OC. The minimum absolute atomic E-state index is 0.0113. The van der Waals surface area contributed by atoms with Crippen molar-refractivity contribution in [2.75, 3.05) is 37.9 Å². The Bertz CT molecular complexity index is 811. The molecule has 1 aromatic heterocycles. The van der Waals surface area contributed by atoms with Crippen molar-refractivity contribution in [1.29, 1.82) is 0 Å². The number of benzene rings is 1. The third kappa shape index (κ3) is 3.11. The van der Waals surface area contributed by atoms with Gasteiger partial charge in [0.15, 0.2) is 11.5 Å². The van der Waals surface area contributed by atoms with Crippen LogP contribution in [-0.4, -0.2) is 48.4 Å². The Labute approximate surface area is 145 Å². The van der Waals surface area contributed by atoms with Crippen molar-refractivity contribution in [2.45, 2.75) is 13.3 Å². The summed E-state index contributed by atoms with van der Waals surface area (Å²) in [7, 11) is 3.12. The summed E-state index contributed by atoms with van der Waals surface area (Å²) in [5.74, 6) is 0.923. The van der Waals surface area contributed by atoms with Crippen molar-refractivity contribution < 1.29 is 19.4 Å². The number of fused-ring (bicyclic) bond motifs is 1. The fourth-order valence-electron chi connectivity index (χ4n) is 3.30. The monoisotopic (exact) mass is 346 g/mol. The van der Waals surface area contributed by atoms with Gasteiger partial charge in [0.1, 0.15) is 5.82 Å². The van der Waals surface area contributed by atoms with Crippen LogP contribution in [0.15, 0.2) is 12.1 Å². The van der Waals surface area contributed by atoms with E-state index in [4.69, 9.17) is 15.2 Å². The number of hydrogen-bond donors (Lipinski definition) is 2. The molecular formula is C17H22N4O4. The van der Waals surface area contributed by atoms with Gasteiger partial charge in [-0.05, 0) is 18.4 Å². The fourth-order valence-corrected chi connectivity index (χ4v) is 3.30. The Morgan fingerprint density at radius 3 is 2.56 bits per heavy atom. The van der Waals surface area contributed by atoms with Gasteiger partial charge in [-0.1, -0.05) is 6.92 Å². The number of nitrogens with zero attached hydrogens (tertiary/aromatic N) is 3. The van der Waals surface area contributed by atoms with Gasteiger partial charge in [-0.25, -0.2) is 4.98 Å². The maximum absolute atomic E-state index is 11.3. The quantitative estimate of drug-likeness (QED) is 0.862. The number of nitrogen functional groups attached to an aromatic ring is 1. The lowest BCUT2D eigenvalue weighted by Crippen LogP contribution is -2.42. The minimum Gasteiger partial charge on any atom is -0.493 e. The zero-order valence-electron chi connectivity index (χ0n) is 14.5. The van der Waals surface area contributed by atoms with Gasteiger partial charge in [0.05, 0.1) is 25.7 Å². The lowest BCUT2D eigenvalue weighted by molar-refractivity contribution is -0.144. The number of carboxylic acid groups (broad SMARTS) is 1. The summed E-state index contributed by atoms with van der Waals surface area (Å²) in [5, 5.41) is 9.95. The molecule has 0 radical (unpaired) electrons. The normalized spacial score (nSPS) is 20.5. The summed E-state index contributed by atoms with van der Waals surface area (Å²) in [4.78, 5) is 22.3. The van der Waals surface area contributed by atoms with E-state index in [1.54, 1.807) is 26.4 Å². The minimum atomic E-state index is -0.747. The number of aromatic nitrogens is 2. The van der Waals surface area contributed by atoms with Crippen molar-refractivity contribution in [1.82, 2.24) is 9.97 Å². The number of carboxylic acids is 1. The van der Waals surface area contributed by atoms with Gasteiger partial charge < -0.3 is 25.2 Å². The molecule has 134 valence electrons. The molecular weight excluding hydrogens is 324 g/mol. The van der Waals surface area contributed by atoms with Crippen LogP contribution in [0.3, 0.4) is 0 Å². The number of nitrogens with two attached hydrogens (primary N) is 1. The molecule has 3 rings (SSSR count). The summed E-state index contributed by atoms with van der Waals surface area (Å²) in [5.41, 5.74) is 6.78. The molecule has 25 heavy (non-hydrogen) atoms. The fraction of sp³-hybridized carbons (Fsp3) is 0.471. The molecule has 2 heterocycles. The van der Waals surface area contributed by atoms with Crippen molar-refractivity contribution in [2.24, 2.45) is 11.8 Å². The third-order valence-electron chi connectivity index (χ3n) is 4.72. The molecule has 0 bridgehead atoms. The molecule has 0 aliphatic carbocycles. The molecule has 0 unspecified atom stereocenters. The van der Waals surface area contributed by atoms with Crippen molar-refractivity contribution >= 4 is 28.6 Å². The van der Waals surface area contributed by atoms with Crippen molar-refractivity contribution in [3.63, 3.8) is 0 Å². The predicted molar refractivity (Wildman–Crippen MR) is 94.2 cm³/mol. The number of anilines is 2. The molecule has 1 aliphatic rings. The summed E-state index contributed by atoms with van der Waals surface area (Å²) < 4.78 is 10.6. The molecule has 2 atom stereocenters. The molecule has 3 N–H and O–H groups in total. The Hall–Kier alpha value is -2.77. The van der Waals surface area contributed by atoms with Gasteiger partial charge in [0, 0.05) is 24.5 Å². The number of carbonyl (C=O) groups is 1. The highest BCUT2D eigenvalue weighted by atomic mass is 16.5. The maximum Gasteiger partial charge on any atom is 0.306 e. The van der Waals surface area contributed by atoms with E-state index in [0.717, 1.165) is 0 Å². The molecule has 1 aromatic carbocycles. The first-order valence-corrected chi connectivity index (χ1v) is 8.11. The second-order valence-electron chi connectivity index (χ2n) is 6.29. The summed E-state index contributed by atoms with van der Waals surface area (Å²) in [6.07, 6.45) is 0.559. The molecule has 2 aromatic rings. The summed E-state index contributed by atoms with van der Waals surface area (Å²) in [6.45, 7) is 3.10. The molecule has 0 amide bonds. The van der Waals surface area contributed by atoms with Crippen molar-refractivity contribution in [3.05, 3.63) is 12.1 Å². The first-order valence-electron chi connectivity index (χ1n) is 8.11. The molecule has 0 saturated carbocycles. The molecule has 8 nitrogen and oxygen atoms in total. The van der Waals surface area contributed by atoms with E-state index < -0.39 is 5.97 Å². The Balaban J connectivity index is 1.97. The van der Waals surface area contributed by atoms with Crippen LogP contribution >= 0.6 is 0 Å². The van der Waals surface area contributed by atoms with Crippen LogP contribution in [0.5, 0.6) is 11.5 Å². The van der Waals surface area contributed by atoms with Crippen molar-refractivity contribution in [3.8, 4) is 11.5 Å². The highest BCUT2D eigenvalue weighted by molar-refractivity contribution is 5.91. The lowest BCUT2D eigenvalue weighted by Gasteiger charge is -2.35. The van der Waals surface area contributed by atoms with Crippen LogP contribution in [0.25, 0.3) is 10.9 Å². The predicted octanol–water partition coefficient (Wildman–Crippen LogP) is 1.78. The lowest BCUT2D eigenvalue weighted by atomic mass is 9.87. The number of methoxy groups -OCH3 is 2. The number of ether oxygens (including phenoxy) is 2. The summed E-state index contributed by atoms with van der Waals surface area (Å²) >= 11 is 0. The average Bonchev–Trinajstić information content (AvgIpc) is 2.60. The van der Waals surface area contributed by atoms with E-state index in [1.165, 1.54) is 0 Å². The van der Waals surface area contributed by atoms with Crippen LogP contribution in [0.1, 0.15) is 13.3 Å². The second kappa shape index (κ2) is 6.62. The highest BCUT2D eigenvalue weighted by Gasteiger charge is 2.32. The van der Waals surface area contributed by atoms with Crippen LogP contribution in [0.4, 0.5) is 11.8 Å². The van der Waals surface area contributed by atoms with E-state index in [9.17, 15) is 9.90 Å². The zero-order valence-corrected chi connectivity index (χ0v) is 14.5. The van der Waals surface area contributed by atoms with Gasteiger partial charge in [-0.15, -0.1) is 0 Å². The van der Waals surface area contributed by atoms with Gasteiger partial charge in [-0.2, -0.15) is 4.98 Å². The Kier molecular flexibility index (Phi) is 4.52. The first kappa shape index (κ1) is 17.1. The van der Waals surface area contributed by atoms with Crippen LogP contribution in [0, 0.1) is 11.8 Å². The third-order valence-corrected chi connectivity index (χ3v) is 4.72. The molecule has 8 heteroatoms. The van der Waals surface area contributed by atoms with Gasteiger partial charge in [-0.3, -0.25) is 4.79 Å². The van der Waals surface area contributed by atoms with Gasteiger partial charge >= 0.3 is 5.97 Å². The number of aliphatic carboxylic acids is 1. The molecule has 0 spiro atoms. The van der Waals surface area contributed by atoms with Gasteiger partial charge in [0.2, 0.25) is 5.95 Å².